The Kier molecular flexibility index (Phi) is 4.83. The Morgan fingerprint density at radius 1 is 0.759 bits per heavy atom. The van der Waals surface area contributed by atoms with E-state index in [-0.39, 0.29) is 0 Å². The Balaban J connectivity index is 1.43. The fraction of sp³-hybridized carbons (Fsp3) is 0.190. The minimum Gasteiger partial charge on any atom is -0.337 e. The third kappa shape index (κ3) is 3.66. The second kappa shape index (κ2) is 7.92. The predicted molar refractivity (Wildman–Crippen MR) is 115 cm³/mol. The molecule has 8 heteroatoms. The molecule has 7 nitrogen and oxygen atoms in total. The van der Waals surface area contributed by atoms with Crippen molar-refractivity contribution in [3.63, 3.8) is 0 Å². The molecule has 144 valence electrons. The first kappa shape index (κ1) is 17.7. The van der Waals surface area contributed by atoms with Gasteiger partial charge in [-0.2, -0.15) is 11.3 Å². The first-order chi connectivity index (χ1) is 14.4. The summed E-state index contributed by atoms with van der Waals surface area (Å²) in [6.45, 7) is 3.31. The Morgan fingerprint density at radius 2 is 1.55 bits per heavy atom. The molecule has 29 heavy (non-hydrogen) atoms. The zero-order chi connectivity index (χ0) is 19.5. The molecular weight excluding hydrogens is 382 g/mol. The predicted octanol–water partition coefficient (Wildman–Crippen LogP) is 3.38. The van der Waals surface area contributed by atoms with Crippen LogP contribution in [0.5, 0.6) is 0 Å². The van der Waals surface area contributed by atoms with Gasteiger partial charge in [0.1, 0.15) is 0 Å². The van der Waals surface area contributed by atoms with E-state index in [2.05, 4.69) is 41.6 Å². The molecule has 0 aliphatic carbocycles. The maximum absolute atomic E-state index is 4.95. The van der Waals surface area contributed by atoms with Crippen LogP contribution in [0.3, 0.4) is 0 Å². The molecule has 4 aromatic rings. The number of nitrogens with zero attached hydrogens (tertiary/aromatic N) is 7. The van der Waals surface area contributed by atoms with Crippen molar-refractivity contribution in [3.05, 3.63) is 66.0 Å². The molecule has 0 atom stereocenters. The van der Waals surface area contributed by atoms with Crippen LogP contribution < -0.4 is 9.80 Å². The van der Waals surface area contributed by atoms with Crippen LogP contribution in [0.15, 0.2) is 66.0 Å². The van der Waals surface area contributed by atoms with Gasteiger partial charge in [0.15, 0.2) is 0 Å². The minimum atomic E-state index is 0.747. The summed E-state index contributed by atoms with van der Waals surface area (Å²) in [4.78, 5) is 27.0. The standard InChI is InChI=1S/C21H19N7S/c1-3-16(13-22-5-1)19-18(17-4-12-29-15-17)14-25-21(26-19)28-10-8-27(9-11-28)20-23-6-2-7-24-20/h1-7,12-15H,8-11H2. The van der Waals surface area contributed by atoms with E-state index in [0.717, 1.165) is 60.5 Å². The number of piperazine rings is 1. The summed E-state index contributed by atoms with van der Waals surface area (Å²) in [5.41, 5.74) is 4.06. The van der Waals surface area contributed by atoms with Gasteiger partial charge >= 0.3 is 0 Å². The number of hydrogen-bond donors (Lipinski definition) is 0. The fourth-order valence-corrected chi connectivity index (χ4v) is 4.09. The summed E-state index contributed by atoms with van der Waals surface area (Å²) >= 11 is 1.67. The summed E-state index contributed by atoms with van der Waals surface area (Å²) in [5, 5.41) is 4.19. The zero-order valence-corrected chi connectivity index (χ0v) is 16.5. The molecule has 0 N–H and O–H groups in total. The summed E-state index contributed by atoms with van der Waals surface area (Å²) in [6, 6.07) is 7.91. The first-order valence-corrected chi connectivity index (χ1v) is 10.4. The van der Waals surface area contributed by atoms with Crippen molar-refractivity contribution in [1.29, 1.82) is 0 Å². The third-order valence-corrected chi connectivity index (χ3v) is 5.62. The highest BCUT2D eigenvalue weighted by Gasteiger charge is 2.22. The van der Waals surface area contributed by atoms with E-state index in [1.54, 1.807) is 29.9 Å². The molecule has 0 saturated carbocycles. The van der Waals surface area contributed by atoms with Gasteiger partial charge in [0.25, 0.3) is 0 Å². The van der Waals surface area contributed by atoms with Gasteiger partial charge in [-0.05, 0) is 40.6 Å². The molecule has 0 spiro atoms. The van der Waals surface area contributed by atoms with E-state index in [4.69, 9.17) is 9.97 Å². The summed E-state index contributed by atoms with van der Waals surface area (Å²) in [7, 11) is 0. The highest BCUT2D eigenvalue weighted by atomic mass is 32.1. The van der Waals surface area contributed by atoms with Crippen LogP contribution in [0.1, 0.15) is 0 Å². The van der Waals surface area contributed by atoms with Gasteiger partial charge in [-0.1, -0.05) is 0 Å². The largest absolute Gasteiger partial charge is 0.337 e. The number of pyridine rings is 1. The first-order valence-electron chi connectivity index (χ1n) is 9.45. The number of aromatic nitrogens is 5. The van der Waals surface area contributed by atoms with Crippen molar-refractivity contribution in [2.75, 3.05) is 36.0 Å². The van der Waals surface area contributed by atoms with Gasteiger partial charge in [-0.25, -0.2) is 19.9 Å². The lowest BCUT2D eigenvalue weighted by Crippen LogP contribution is -2.47. The topological polar surface area (TPSA) is 70.9 Å². The molecule has 1 saturated heterocycles. The number of hydrogen-bond acceptors (Lipinski definition) is 8. The van der Waals surface area contributed by atoms with Gasteiger partial charge < -0.3 is 9.80 Å². The molecule has 1 aliphatic rings. The normalized spacial score (nSPS) is 14.2. The summed E-state index contributed by atoms with van der Waals surface area (Å²) in [6.07, 6.45) is 9.12. The Labute approximate surface area is 172 Å². The molecule has 0 radical (unpaired) electrons. The van der Waals surface area contributed by atoms with Crippen molar-refractivity contribution >= 4 is 23.2 Å². The van der Waals surface area contributed by atoms with Gasteiger partial charge in [0.05, 0.1) is 5.69 Å². The van der Waals surface area contributed by atoms with Crippen molar-refractivity contribution < 1.29 is 0 Å². The van der Waals surface area contributed by atoms with Crippen LogP contribution in [0.4, 0.5) is 11.9 Å². The molecule has 5 heterocycles. The molecule has 0 unspecified atom stereocenters. The molecule has 0 aromatic carbocycles. The van der Waals surface area contributed by atoms with Crippen molar-refractivity contribution in [1.82, 2.24) is 24.9 Å². The van der Waals surface area contributed by atoms with Crippen LogP contribution in [0.2, 0.25) is 0 Å². The molecule has 1 aliphatic heterocycles. The maximum Gasteiger partial charge on any atom is 0.226 e. The van der Waals surface area contributed by atoms with Crippen LogP contribution >= 0.6 is 11.3 Å². The lowest BCUT2D eigenvalue weighted by molar-refractivity contribution is 0.628. The van der Waals surface area contributed by atoms with Gasteiger partial charge in [0, 0.05) is 68.3 Å². The Bertz CT molecular complexity index is 1060. The summed E-state index contributed by atoms with van der Waals surface area (Å²) in [5.74, 6) is 1.52. The maximum atomic E-state index is 4.95. The van der Waals surface area contributed by atoms with Crippen LogP contribution in [-0.2, 0) is 0 Å². The van der Waals surface area contributed by atoms with Gasteiger partial charge in [0.2, 0.25) is 11.9 Å². The smallest absolute Gasteiger partial charge is 0.226 e. The highest BCUT2D eigenvalue weighted by molar-refractivity contribution is 7.08. The summed E-state index contributed by atoms with van der Waals surface area (Å²) < 4.78 is 0. The van der Waals surface area contributed by atoms with Crippen LogP contribution in [0.25, 0.3) is 22.4 Å². The van der Waals surface area contributed by atoms with Gasteiger partial charge in [-0.3, -0.25) is 4.98 Å². The lowest BCUT2D eigenvalue weighted by Gasteiger charge is -2.34. The second-order valence-corrected chi connectivity index (χ2v) is 7.49. The Hall–Kier alpha value is -3.39. The molecule has 0 amide bonds. The number of anilines is 2. The SMILES string of the molecule is c1cnc(N2CCN(c3ncc(-c4ccsc4)c(-c4cccnc4)n3)CC2)nc1. The highest BCUT2D eigenvalue weighted by Crippen LogP contribution is 2.32. The monoisotopic (exact) mass is 401 g/mol. The minimum absolute atomic E-state index is 0.747. The van der Waals surface area contributed by atoms with Crippen LogP contribution in [0, 0.1) is 0 Å². The van der Waals surface area contributed by atoms with E-state index in [9.17, 15) is 0 Å². The van der Waals surface area contributed by atoms with E-state index >= 15 is 0 Å². The molecule has 1 fully saturated rings. The van der Waals surface area contributed by atoms with Crippen molar-refractivity contribution in [2.24, 2.45) is 0 Å². The molecule has 5 rings (SSSR count). The number of thiophene rings is 1. The quantitative estimate of drug-likeness (QED) is 0.519. The number of rotatable bonds is 4. The van der Waals surface area contributed by atoms with Crippen molar-refractivity contribution in [2.45, 2.75) is 0 Å². The lowest BCUT2D eigenvalue weighted by atomic mass is 10.0. The van der Waals surface area contributed by atoms with Gasteiger partial charge in [-0.15, -0.1) is 0 Å². The second-order valence-electron chi connectivity index (χ2n) is 6.71. The molecule has 4 aromatic heterocycles. The average Bonchev–Trinajstić information content (AvgIpc) is 3.35. The Morgan fingerprint density at radius 3 is 2.24 bits per heavy atom. The van der Waals surface area contributed by atoms with E-state index in [1.807, 2.05) is 30.6 Å². The fourth-order valence-electron chi connectivity index (χ4n) is 3.44. The van der Waals surface area contributed by atoms with Crippen LogP contribution in [-0.4, -0.2) is 51.1 Å². The van der Waals surface area contributed by atoms with E-state index in [1.165, 1.54) is 0 Å². The third-order valence-electron chi connectivity index (χ3n) is 4.94. The molecular formula is C21H19N7S. The zero-order valence-electron chi connectivity index (χ0n) is 15.7. The average molecular weight is 401 g/mol. The van der Waals surface area contributed by atoms with Crippen molar-refractivity contribution in [3.8, 4) is 22.4 Å². The van der Waals surface area contributed by atoms with E-state index < -0.39 is 0 Å². The molecule has 0 bridgehead atoms. The van der Waals surface area contributed by atoms with E-state index in [0.29, 0.717) is 0 Å².